The Morgan fingerprint density at radius 3 is 2.60 bits per heavy atom. The maximum absolute atomic E-state index is 13.8. The van der Waals surface area contributed by atoms with E-state index in [0.29, 0.717) is 10.2 Å². The summed E-state index contributed by atoms with van der Waals surface area (Å²) in [5.41, 5.74) is 5.56. The fourth-order valence-electron chi connectivity index (χ4n) is 1.44. The summed E-state index contributed by atoms with van der Waals surface area (Å²) in [7, 11) is 1.40. The topological polar surface area (TPSA) is 61.5 Å². The highest BCUT2D eigenvalue weighted by molar-refractivity contribution is 9.10. The van der Waals surface area contributed by atoms with Gasteiger partial charge in [0.15, 0.2) is 0 Å². The van der Waals surface area contributed by atoms with Crippen molar-refractivity contribution in [1.82, 2.24) is 0 Å². The van der Waals surface area contributed by atoms with Gasteiger partial charge in [-0.1, -0.05) is 15.9 Å². The number of nitrogens with two attached hydrogens (primary N) is 1. The van der Waals surface area contributed by atoms with Crippen molar-refractivity contribution in [3.05, 3.63) is 28.2 Å². The van der Waals surface area contributed by atoms with E-state index in [1.165, 1.54) is 26.2 Å². The third-order valence-corrected chi connectivity index (χ3v) is 3.20. The zero-order valence-corrected chi connectivity index (χ0v) is 13.3. The van der Waals surface area contributed by atoms with Gasteiger partial charge in [0.1, 0.15) is 11.8 Å². The molecule has 1 aromatic carbocycles. The molecular weight excluding hydrogens is 359 g/mol. The molecular formula is C12H15BrClF2NO3. The van der Waals surface area contributed by atoms with Gasteiger partial charge >= 0.3 is 11.9 Å². The molecule has 0 aliphatic rings. The van der Waals surface area contributed by atoms with Gasteiger partial charge in [-0.3, -0.25) is 0 Å². The summed E-state index contributed by atoms with van der Waals surface area (Å²) in [6.45, 7) is 1.31. The number of hydrogen-bond donors (Lipinski definition) is 1. The summed E-state index contributed by atoms with van der Waals surface area (Å²) in [5, 5.41) is 0. The van der Waals surface area contributed by atoms with E-state index in [2.05, 4.69) is 20.7 Å². The average Bonchev–Trinajstić information content (AvgIpc) is 2.38. The number of carbonyl (C=O) groups excluding carboxylic acids is 1. The molecule has 4 nitrogen and oxygen atoms in total. The first-order chi connectivity index (χ1) is 8.84. The van der Waals surface area contributed by atoms with Gasteiger partial charge in [0, 0.05) is 4.47 Å². The molecule has 0 aromatic heterocycles. The number of carbonyl (C=O) groups is 1. The Morgan fingerprint density at radius 1 is 1.50 bits per heavy atom. The summed E-state index contributed by atoms with van der Waals surface area (Å²) >= 11 is 3.12. The standard InChI is InChI=1S/C12H14BrF2NO3.ClH/c1-3-19-11(17)12(14,15)10(16)8-6-7(18-2)4-5-9(8)13;/h4-6,10H,3,16H2,1-2H3;1H/t10-;/m1./s1. The predicted molar refractivity (Wildman–Crippen MR) is 76.5 cm³/mol. The molecule has 0 aliphatic carbocycles. The van der Waals surface area contributed by atoms with Gasteiger partial charge in [-0.15, -0.1) is 12.4 Å². The van der Waals surface area contributed by atoms with Crippen LogP contribution in [0.1, 0.15) is 18.5 Å². The van der Waals surface area contributed by atoms with Crippen LogP contribution in [-0.4, -0.2) is 25.6 Å². The maximum atomic E-state index is 13.8. The van der Waals surface area contributed by atoms with Gasteiger partial charge in [0.05, 0.1) is 13.7 Å². The molecule has 1 atom stereocenters. The van der Waals surface area contributed by atoms with Crippen LogP contribution in [0.5, 0.6) is 5.75 Å². The van der Waals surface area contributed by atoms with Crippen LogP contribution in [0.4, 0.5) is 8.78 Å². The minimum absolute atomic E-state index is 0. The summed E-state index contributed by atoms with van der Waals surface area (Å²) in [5.74, 6) is -5.09. The van der Waals surface area contributed by atoms with Crippen molar-refractivity contribution in [2.75, 3.05) is 13.7 Å². The molecule has 1 rings (SSSR count). The molecule has 0 saturated carbocycles. The predicted octanol–water partition coefficient (Wildman–Crippen LogP) is 3.08. The highest BCUT2D eigenvalue weighted by Gasteiger charge is 2.48. The molecule has 0 amide bonds. The first-order valence-electron chi connectivity index (χ1n) is 5.48. The van der Waals surface area contributed by atoms with E-state index in [9.17, 15) is 13.6 Å². The number of esters is 1. The van der Waals surface area contributed by atoms with Crippen molar-refractivity contribution in [2.24, 2.45) is 5.73 Å². The number of hydrogen-bond acceptors (Lipinski definition) is 4. The van der Waals surface area contributed by atoms with Crippen molar-refractivity contribution in [2.45, 2.75) is 18.9 Å². The molecule has 0 unspecified atom stereocenters. The van der Waals surface area contributed by atoms with Gasteiger partial charge in [0.2, 0.25) is 0 Å². The Bertz CT molecular complexity index is 474. The van der Waals surface area contributed by atoms with Gasteiger partial charge in [-0.2, -0.15) is 8.78 Å². The Labute approximate surface area is 130 Å². The van der Waals surface area contributed by atoms with Gasteiger partial charge in [0.25, 0.3) is 0 Å². The number of halogens is 4. The van der Waals surface area contributed by atoms with E-state index in [4.69, 9.17) is 10.5 Å². The quantitative estimate of drug-likeness (QED) is 0.805. The number of alkyl halides is 2. The van der Waals surface area contributed by atoms with E-state index in [0.717, 1.165) is 0 Å². The molecule has 0 saturated heterocycles. The molecule has 114 valence electrons. The second kappa shape index (κ2) is 7.75. The van der Waals surface area contributed by atoms with Crippen LogP contribution in [0.15, 0.2) is 22.7 Å². The maximum Gasteiger partial charge on any atom is 0.379 e. The third kappa shape index (κ3) is 4.04. The molecule has 0 radical (unpaired) electrons. The van der Waals surface area contributed by atoms with E-state index in [1.807, 2.05) is 0 Å². The fourth-order valence-corrected chi connectivity index (χ4v) is 1.93. The molecule has 0 spiro atoms. The van der Waals surface area contributed by atoms with E-state index >= 15 is 0 Å². The van der Waals surface area contributed by atoms with Gasteiger partial charge in [-0.25, -0.2) is 4.79 Å². The number of ether oxygens (including phenoxy) is 2. The number of benzene rings is 1. The summed E-state index contributed by atoms with van der Waals surface area (Å²) < 4.78 is 37.3. The Morgan fingerprint density at radius 2 is 2.10 bits per heavy atom. The average molecular weight is 375 g/mol. The van der Waals surface area contributed by atoms with Crippen LogP contribution in [0, 0.1) is 0 Å². The summed E-state index contributed by atoms with van der Waals surface area (Å²) in [4.78, 5) is 11.2. The lowest BCUT2D eigenvalue weighted by Gasteiger charge is -2.23. The van der Waals surface area contributed by atoms with Crippen LogP contribution in [-0.2, 0) is 9.53 Å². The van der Waals surface area contributed by atoms with Crippen LogP contribution < -0.4 is 10.5 Å². The lowest BCUT2D eigenvalue weighted by molar-refractivity contribution is -0.174. The Kier molecular flexibility index (Phi) is 7.40. The smallest absolute Gasteiger partial charge is 0.379 e. The largest absolute Gasteiger partial charge is 0.497 e. The molecule has 8 heteroatoms. The van der Waals surface area contributed by atoms with Crippen molar-refractivity contribution >= 4 is 34.3 Å². The molecule has 1 aromatic rings. The van der Waals surface area contributed by atoms with E-state index < -0.39 is 17.9 Å². The van der Waals surface area contributed by atoms with Crippen LogP contribution in [0.3, 0.4) is 0 Å². The highest BCUT2D eigenvalue weighted by Crippen LogP contribution is 2.36. The van der Waals surface area contributed by atoms with E-state index in [-0.39, 0.29) is 24.6 Å². The Balaban J connectivity index is 0.00000361. The van der Waals surface area contributed by atoms with Crippen molar-refractivity contribution < 1.29 is 23.0 Å². The van der Waals surface area contributed by atoms with Crippen molar-refractivity contribution in [3.63, 3.8) is 0 Å². The summed E-state index contributed by atoms with van der Waals surface area (Å²) in [6, 6.07) is 2.64. The molecule has 20 heavy (non-hydrogen) atoms. The SMILES string of the molecule is CCOC(=O)C(F)(F)[C@H](N)c1cc(OC)ccc1Br.Cl. The monoisotopic (exact) mass is 373 g/mol. The Hall–Kier alpha value is -0.920. The van der Waals surface area contributed by atoms with Gasteiger partial charge < -0.3 is 15.2 Å². The number of methoxy groups -OCH3 is 1. The molecule has 0 heterocycles. The lowest BCUT2D eigenvalue weighted by Crippen LogP contribution is -2.41. The first kappa shape index (κ1) is 19.1. The normalized spacial score (nSPS) is 12.3. The molecule has 0 fully saturated rings. The van der Waals surface area contributed by atoms with Crippen molar-refractivity contribution in [1.29, 1.82) is 0 Å². The number of rotatable bonds is 5. The minimum atomic E-state index is -3.81. The highest BCUT2D eigenvalue weighted by atomic mass is 79.9. The molecule has 2 N–H and O–H groups in total. The lowest BCUT2D eigenvalue weighted by atomic mass is 10.0. The minimum Gasteiger partial charge on any atom is -0.497 e. The molecule has 0 bridgehead atoms. The zero-order chi connectivity index (χ0) is 14.6. The van der Waals surface area contributed by atoms with Crippen molar-refractivity contribution in [3.8, 4) is 5.75 Å². The van der Waals surface area contributed by atoms with Crippen LogP contribution >= 0.6 is 28.3 Å². The third-order valence-electron chi connectivity index (χ3n) is 2.48. The zero-order valence-electron chi connectivity index (χ0n) is 10.9. The second-order valence-corrected chi connectivity index (χ2v) is 4.56. The molecule has 0 aliphatic heterocycles. The van der Waals surface area contributed by atoms with Gasteiger partial charge in [-0.05, 0) is 30.7 Å². The second-order valence-electron chi connectivity index (χ2n) is 3.71. The van der Waals surface area contributed by atoms with E-state index in [1.54, 1.807) is 6.07 Å². The van der Waals surface area contributed by atoms with Crippen LogP contribution in [0.2, 0.25) is 0 Å². The van der Waals surface area contributed by atoms with Crippen LogP contribution in [0.25, 0.3) is 0 Å². The summed E-state index contributed by atoms with van der Waals surface area (Å²) in [6.07, 6.45) is 0. The first-order valence-corrected chi connectivity index (χ1v) is 6.28. The fraction of sp³-hybridized carbons (Fsp3) is 0.417.